The zero-order valence-electron chi connectivity index (χ0n) is 79.3. The van der Waals surface area contributed by atoms with Crippen molar-refractivity contribution in [2.24, 2.45) is 23.3 Å². The Morgan fingerprint density at radius 2 is 0.909 bits per heavy atom. The lowest BCUT2D eigenvalue weighted by Gasteiger charge is -2.32. The molecular weight excluding hydrogens is 1980 g/mol. The fourth-order valence-electron chi connectivity index (χ4n) is 16.3. The Morgan fingerprint density at radius 1 is 0.476 bits per heavy atom. The number of carbonyl (C=O) groups excluding carboxylic acids is 13. The molecule has 10 bridgehead atoms. The Bertz CT molecular complexity index is 6210. The predicted molar refractivity (Wildman–Crippen MR) is 528 cm³/mol. The van der Waals surface area contributed by atoms with Crippen molar-refractivity contribution in [3.05, 3.63) is 161 Å². The lowest BCUT2D eigenvalue weighted by atomic mass is 9.99. The van der Waals surface area contributed by atoms with Gasteiger partial charge in [0.05, 0.1) is 116 Å². The molecule has 4 aliphatic rings. The van der Waals surface area contributed by atoms with Crippen LogP contribution >= 0.6 is 35.3 Å². The summed E-state index contributed by atoms with van der Waals surface area (Å²) in [5, 5.41) is 60.4. The van der Waals surface area contributed by atoms with Crippen LogP contribution in [0.1, 0.15) is 119 Å². The highest BCUT2D eigenvalue weighted by Crippen LogP contribution is 2.28. The molecular formula is C91H120N22O24S6. The summed E-state index contributed by atoms with van der Waals surface area (Å²) < 4.78 is 94.9. The van der Waals surface area contributed by atoms with Crippen LogP contribution in [0.3, 0.4) is 0 Å². The van der Waals surface area contributed by atoms with E-state index in [2.05, 4.69) is 68.5 Å². The van der Waals surface area contributed by atoms with Gasteiger partial charge in [-0.05, 0) is 105 Å². The number of para-hydroxylation sites is 2. The molecule has 143 heavy (non-hydrogen) atoms. The molecule has 5 aromatic heterocycles. The van der Waals surface area contributed by atoms with E-state index < -0.39 is 315 Å². The number of H-pyrrole nitrogens is 2. The summed E-state index contributed by atoms with van der Waals surface area (Å²) in [5.74, 6) is -23.6. The van der Waals surface area contributed by atoms with Gasteiger partial charge in [0, 0.05) is 94.5 Å². The van der Waals surface area contributed by atoms with Crippen molar-refractivity contribution >= 4 is 176 Å². The van der Waals surface area contributed by atoms with Crippen molar-refractivity contribution in [1.82, 2.24) is 101 Å². The van der Waals surface area contributed by atoms with Crippen molar-refractivity contribution < 1.29 is 112 Å². The summed E-state index contributed by atoms with van der Waals surface area (Å²) in [4.78, 5) is 238. The van der Waals surface area contributed by atoms with E-state index in [-0.39, 0.29) is 77.2 Å². The van der Waals surface area contributed by atoms with Crippen LogP contribution in [0, 0.1) is 11.8 Å². The number of aliphatic hydroxyl groups excluding tert-OH is 1. The molecule has 7 aromatic rings. The first-order valence-electron chi connectivity index (χ1n) is 46.2. The Balaban J connectivity index is 1.02. The van der Waals surface area contributed by atoms with E-state index in [4.69, 9.17) is 26.4 Å². The number of primary amides is 1. The van der Waals surface area contributed by atoms with Crippen LogP contribution in [0.4, 0.5) is 0 Å². The van der Waals surface area contributed by atoms with E-state index >= 15 is 44.4 Å². The second-order valence-electron chi connectivity index (χ2n) is 35.8. The molecule has 4 aliphatic heterocycles. The van der Waals surface area contributed by atoms with Crippen LogP contribution in [-0.4, -0.2) is 316 Å². The van der Waals surface area contributed by atoms with E-state index in [1.807, 2.05) is 0 Å². The number of hydrogen-bond acceptors (Lipinski definition) is 29. The zero-order valence-corrected chi connectivity index (χ0v) is 84.1. The molecule has 1 saturated heterocycles. The van der Waals surface area contributed by atoms with Gasteiger partial charge >= 0.3 is 11.9 Å². The third-order valence-corrected chi connectivity index (χ3v) is 33.3. The molecule has 46 nitrogen and oxygen atoms in total. The largest absolute Gasteiger partial charge is 0.481 e. The Labute approximate surface area is 837 Å². The first-order chi connectivity index (χ1) is 67.8. The number of hydrogen-bond donors (Lipinski definition) is 18. The molecule has 0 aliphatic carbocycles. The minimum absolute atomic E-state index is 0.0140. The van der Waals surface area contributed by atoms with E-state index in [0.717, 1.165) is 55.1 Å². The zero-order chi connectivity index (χ0) is 104. The highest BCUT2D eigenvalue weighted by Gasteiger charge is 2.44. The molecule has 774 valence electrons. The molecule has 13 amide bonds. The molecule has 11 rings (SSSR count). The summed E-state index contributed by atoms with van der Waals surface area (Å²) in [6.07, 6.45) is -1.94. The maximum absolute atomic E-state index is 15.7. The van der Waals surface area contributed by atoms with Crippen molar-refractivity contribution in [2.75, 3.05) is 64.9 Å². The molecule has 20 N–H and O–H groups in total. The van der Waals surface area contributed by atoms with Gasteiger partial charge in [-0.25, -0.2) is 25.3 Å². The summed E-state index contributed by atoms with van der Waals surface area (Å²) in [5.41, 5.74) is 14.4. The monoisotopic (exact) mass is 2100 g/mol. The number of aromatic nitrogens is 5. The molecule has 16 atom stereocenters. The van der Waals surface area contributed by atoms with Gasteiger partial charge in [-0.2, -0.15) is 48.2 Å². The maximum atomic E-state index is 15.7. The Kier molecular flexibility index (Phi) is 39.5. The maximum Gasteiger partial charge on any atom is 0.305 e. The Hall–Kier alpha value is -12.3. The van der Waals surface area contributed by atoms with Gasteiger partial charge in [0.1, 0.15) is 66.5 Å². The smallest absolute Gasteiger partial charge is 0.305 e. The number of carboxylic acids is 2. The minimum Gasteiger partial charge on any atom is -0.481 e. The number of benzene rings is 2. The standard InChI is InChI=1S/C91H120N22O24S6/c1-50(2)77-89(129)103-69(37-76(118)119)82(122)96-40-74(115)100-67(35-54-38-94-64-23-9-7-21-62(54)64)84(124)108-78(51(3)4)91(131)113-28-14-25-73(113)88(128)104-70(80(93)120)47-138-29-32-141(132,133)110-41-56-15-11-17-58(97-56)43-111-44-59-19-13-20-61(99-59)46-112(45-60-18-12-16-57(42-110)98-60)143(136,137)34-31-140-49-72(105-81(121)52(5)92)87(127)109-79(53(6)114)90(130)101-66(26-27-75(116)117)83(123)106-71(48-139-30-33-142(111,134)135)86(126)102-68(85(125)107-77)36-55-39-95-65-24-10-8-22-63(55)65/h7-13,15-24,38-39,50-53,66-73,77-79,94-95,114H,14,25-37,40-49,92H2,1-6H3,(H2,93,120)(H,96,122)(H,100,115)(H,101,130)(H,102,126)(H,103,129)(H,104,128)(H,105,121)(H,106,123)(H,107,125)(H,108,124)(H,109,127)(H,116,117)(H,118,119)/t52-,53+,66-,67-,68-,69-,70-,71-,72-,73-,77-,78-,79-/m0/s1. The summed E-state index contributed by atoms with van der Waals surface area (Å²) in [7, 11) is -13.8. The molecule has 2 aromatic carbocycles. The number of carboxylic acid groups (broad SMARTS) is 2. The number of nitrogens with one attached hydrogen (secondary N) is 13. The average molecular weight is 2100 g/mol. The second-order valence-corrected chi connectivity index (χ2v) is 45.5. The number of amides is 13. The fraction of sp³-hybridized carbons (Fsp3) is 0.495. The number of carbonyl (C=O) groups is 15. The number of aromatic amines is 2. The van der Waals surface area contributed by atoms with Crippen LogP contribution in [-0.2, 0) is 154 Å². The SMILES string of the molecule is CC(C)[C@@H]1NC(=O)[C@H](Cc2c[nH]c3ccccc23)NC(=O)[C@@H]2CSCCS(=O)(=O)N3Cc4cccc(n4)CN(Cc4cccc(n4)CN(Cc4cccc(n4)C3)S(=O)(=O)CCSC[C@H](NC(=O)[C@H](C)N)C(=O)N[C@@H]([C@@H](C)O)C(=O)N[C@@H](CCC(=O)O)C(=O)N2)S(=O)(=O)CCSC[C@@H](C(N)=O)NC(=O)[C@@H]2CCCN2C(=O)[C@H](C(C)C)NC(=O)[C@H](Cc2c[nH]c3ccccc23)NC(=O)CNC(=O)[C@H](CC(=O)O)NC1=O. The molecule has 3 unspecified atom stereocenters. The van der Waals surface area contributed by atoms with Crippen LogP contribution in [0.15, 0.2) is 116 Å². The Morgan fingerprint density at radius 3 is 1.37 bits per heavy atom. The van der Waals surface area contributed by atoms with Gasteiger partial charge in [0.2, 0.25) is 107 Å². The first kappa shape index (κ1) is 111. The second kappa shape index (κ2) is 50.8. The number of thioether (sulfide) groups is 3. The van der Waals surface area contributed by atoms with Crippen LogP contribution < -0.4 is 70.0 Å². The molecule has 52 heteroatoms. The molecule has 9 heterocycles. The number of fused-ring (bicyclic) bond motifs is 12. The van der Waals surface area contributed by atoms with Gasteiger partial charge in [-0.15, -0.1) is 0 Å². The number of nitrogens with two attached hydrogens (primary N) is 2. The lowest BCUT2D eigenvalue weighted by molar-refractivity contribution is -0.143. The minimum atomic E-state index is -4.70. The summed E-state index contributed by atoms with van der Waals surface area (Å²) in [6, 6.07) is 6.89. The third kappa shape index (κ3) is 31.4. The predicted octanol–water partition coefficient (Wildman–Crippen LogP) is -2.32. The van der Waals surface area contributed by atoms with Crippen molar-refractivity contribution in [3.63, 3.8) is 0 Å². The van der Waals surface area contributed by atoms with Crippen molar-refractivity contribution in [1.29, 1.82) is 0 Å². The average Bonchev–Trinajstić information content (AvgIpc) is 1.63. The molecule has 1 fully saturated rings. The molecule has 0 radical (unpaired) electrons. The van der Waals surface area contributed by atoms with E-state index in [9.17, 15) is 68.1 Å². The van der Waals surface area contributed by atoms with Gasteiger partial charge < -0.3 is 100 Å². The highest BCUT2D eigenvalue weighted by atomic mass is 32.2. The van der Waals surface area contributed by atoms with E-state index in [1.54, 1.807) is 68.6 Å². The number of aliphatic hydroxyl groups is 1. The number of sulfonamides is 3. The van der Waals surface area contributed by atoms with Gasteiger partial charge in [0.25, 0.3) is 0 Å². The fourth-order valence-corrected chi connectivity index (χ4v) is 24.9. The molecule has 0 spiro atoms. The number of aliphatic carboxylic acids is 2. The third-order valence-electron chi connectivity index (χ3n) is 24.0. The van der Waals surface area contributed by atoms with Crippen LogP contribution in [0.2, 0.25) is 0 Å². The van der Waals surface area contributed by atoms with Crippen molar-refractivity contribution in [2.45, 2.75) is 204 Å². The quantitative estimate of drug-likeness (QED) is 0.0512. The van der Waals surface area contributed by atoms with Gasteiger partial charge in [0.15, 0.2) is 0 Å². The number of nitrogens with zero attached hydrogens (tertiary/aromatic N) is 7. The number of pyridine rings is 3. The normalized spacial score (nSPS) is 25.9. The highest BCUT2D eigenvalue weighted by molar-refractivity contribution is 8.01. The molecule has 0 saturated carbocycles. The van der Waals surface area contributed by atoms with E-state index in [0.29, 0.717) is 32.9 Å². The van der Waals surface area contributed by atoms with E-state index in [1.165, 1.54) is 86.5 Å². The van der Waals surface area contributed by atoms with Crippen molar-refractivity contribution in [3.8, 4) is 0 Å². The van der Waals surface area contributed by atoms with Crippen LogP contribution in [0.25, 0.3) is 21.8 Å². The lowest BCUT2D eigenvalue weighted by Crippen LogP contribution is -2.62. The summed E-state index contributed by atoms with van der Waals surface area (Å²) in [6.45, 7) is 4.31. The summed E-state index contributed by atoms with van der Waals surface area (Å²) >= 11 is 2.47. The topological polar surface area (TPSA) is 687 Å². The first-order valence-corrected chi connectivity index (χ1v) is 54.5. The van der Waals surface area contributed by atoms with Gasteiger partial charge in [-0.1, -0.05) is 82.3 Å². The van der Waals surface area contributed by atoms with Gasteiger partial charge in [-0.3, -0.25) is 86.9 Å². The number of rotatable bonds is 15. The van der Waals surface area contributed by atoms with Crippen LogP contribution in [0.5, 0.6) is 0 Å².